The number of nitrogens with zero attached hydrogens (tertiary/aromatic N) is 2. The van der Waals surface area contributed by atoms with Gasteiger partial charge in [-0.25, -0.2) is 9.37 Å². The molecule has 1 atom stereocenters. The van der Waals surface area contributed by atoms with Gasteiger partial charge in [0.05, 0.1) is 16.1 Å². The number of alkyl halides is 1. The van der Waals surface area contributed by atoms with Crippen molar-refractivity contribution in [1.82, 2.24) is 9.55 Å². The average Bonchev–Trinajstić information content (AvgIpc) is 2.74. The van der Waals surface area contributed by atoms with Crippen LogP contribution in [0.3, 0.4) is 0 Å². The highest BCUT2D eigenvalue weighted by atomic mass is 35.5. The van der Waals surface area contributed by atoms with Crippen molar-refractivity contribution in [2.45, 2.75) is 19.9 Å². The van der Waals surface area contributed by atoms with E-state index in [0.29, 0.717) is 41.4 Å². The summed E-state index contributed by atoms with van der Waals surface area (Å²) in [5.41, 5.74) is 1.30. The van der Waals surface area contributed by atoms with Crippen LogP contribution in [0.15, 0.2) is 12.1 Å². The standard InChI is InChI=1S/C13H15Cl2FN2OS/c1-2-20(19)6-5-18-12-8-10(16)9(15)7-11(12)17-13(18)3-4-14/h7-8H,2-6H2,1H3. The van der Waals surface area contributed by atoms with E-state index >= 15 is 0 Å². The number of aromatic nitrogens is 2. The summed E-state index contributed by atoms with van der Waals surface area (Å²) in [7, 11) is -0.878. The van der Waals surface area contributed by atoms with Gasteiger partial charge in [-0.3, -0.25) is 4.21 Å². The first-order valence-electron chi connectivity index (χ1n) is 6.32. The summed E-state index contributed by atoms with van der Waals surface area (Å²) in [5, 5.41) is 0.0525. The third-order valence-corrected chi connectivity index (χ3v) is 4.81. The average molecular weight is 337 g/mol. The fraction of sp³-hybridized carbons (Fsp3) is 0.462. The maximum absolute atomic E-state index is 13.6. The van der Waals surface area contributed by atoms with Crippen molar-refractivity contribution < 1.29 is 8.60 Å². The molecule has 0 aliphatic rings. The Morgan fingerprint density at radius 3 is 2.85 bits per heavy atom. The summed E-state index contributed by atoms with van der Waals surface area (Å²) >= 11 is 11.6. The third kappa shape index (κ3) is 3.32. The van der Waals surface area contributed by atoms with Gasteiger partial charge in [-0.05, 0) is 6.07 Å². The molecule has 0 bridgehead atoms. The summed E-state index contributed by atoms with van der Waals surface area (Å²) in [5.74, 6) is 1.84. The van der Waals surface area contributed by atoms with Gasteiger partial charge in [-0.1, -0.05) is 18.5 Å². The molecule has 1 aromatic heterocycles. The van der Waals surface area contributed by atoms with Crippen LogP contribution in [0, 0.1) is 5.82 Å². The molecule has 1 aromatic carbocycles. The maximum Gasteiger partial charge on any atom is 0.144 e. The SMILES string of the molecule is CCS(=O)CCn1c(CCCl)nc2cc(Cl)c(F)cc21. The topological polar surface area (TPSA) is 34.9 Å². The van der Waals surface area contributed by atoms with Crippen molar-refractivity contribution in [2.75, 3.05) is 17.4 Å². The van der Waals surface area contributed by atoms with E-state index in [1.165, 1.54) is 12.1 Å². The molecule has 0 aliphatic carbocycles. The highest BCUT2D eigenvalue weighted by molar-refractivity contribution is 7.84. The van der Waals surface area contributed by atoms with Crippen molar-refractivity contribution in [3.05, 3.63) is 28.8 Å². The molecule has 0 saturated heterocycles. The molecule has 0 fully saturated rings. The summed E-state index contributed by atoms with van der Waals surface area (Å²) in [6, 6.07) is 2.88. The van der Waals surface area contributed by atoms with Crippen LogP contribution in [0.5, 0.6) is 0 Å². The van der Waals surface area contributed by atoms with Crippen molar-refractivity contribution in [3.63, 3.8) is 0 Å². The second-order valence-electron chi connectivity index (χ2n) is 4.31. The maximum atomic E-state index is 13.6. The highest BCUT2D eigenvalue weighted by Gasteiger charge is 2.14. The minimum Gasteiger partial charge on any atom is -0.327 e. The molecular weight excluding hydrogens is 322 g/mol. The Morgan fingerprint density at radius 2 is 2.20 bits per heavy atom. The predicted octanol–water partition coefficient (Wildman–Crippen LogP) is 3.38. The Bertz CT molecular complexity index is 645. The summed E-state index contributed by atoms with van der Waals surface area (Å²) < 4.78 is 27.1. The molecule has 2 aromatic rings. The van der Waals surface area contributed by atoms with Crippen LogP contribution in [0.4, 0.5) is 4.39 Å². The largest absolute Gasteiger partial charge is 0.327 e. The van der Waals surface area contributed by atoms with E-state index in [-0.39, 0.29) is 5.02 Å². The van der Waals surface area contributed by atoms with E-state index in [1.807, 2.05) is 11.5 Å². The molecule has 3 nitrogen and oxygen atoms in total. The van der Waals surface area contributed by atoms with Gasteiger partial charge in [0, 0.05) is 47.2 Å². The monoisotopic (exact) mass is 336 g/mol. The number of imidazole rings is 1. The van der Waals surface area contributed by atoms with Crippen molar-refractivity contribution in [1.29, 1.82) is 0 Å². The van der Waals surface area contributed by atoms with Gasteiger partial charge in [-0.2, -0.15) is 0 Å². The molecule has 0 amide bonds. The number of halogens is 3. The minimum absolute atomic E-state index is 0.0525. The van der Waals surface area contributed by atoms with Crippen LogP contribution < -0.4 is 0 Å². The number of aryl methyl sites for hydroxylation is 2. The second-order valence-corrected chi connectivity index (χ2v) is 6.96. The van der Waals surface area contributed by atoms with Crippen LogP contribution in [-0.2, 0) is 23.8 Å². The summed E-state index contributed by atoms with van der Waals surface area (Å²) in [6.07, 6.45) is 0.578. The molecule has 0 radical (unpaired) electrons. The molecule has 20 heavy (non-hydrogen) atoms. The Morgan fingerprint density at radius 1 is 1.45 bits per heavy atom. The van der Waals surface area contributed by atoms with E-state index in [1.54, 1.807) is 0 Å². The summed E-state index contributed by atoms with van der Waals surface area (Å²) in [6.45, 7) is 2.41. The van der Waals surface area contributed by atoms with E-state index in [2.05, 4.69) is 4.98 Å². The van der Waals surface area contributed by atoms with E-state index < -0.39 is 16.6 Å². The number of hydrogen-bond acceptors (Lipinski definition) is 2. The van der Waals surface area contributed by atoms with Crippen molar-refractivity contribution in [2.24, 2.45) is 0 Å². The van der Waals surface area contributed by atoms with E-state index in [4.69, 9.17) is 23.2 Å². The summed E-state index contributed by atoms with van der Waals surface area (Å²) in [4.78, 5) is 4.44. The van der Waals surface area contributed by atoms with E-state index in [0.717, 1.165) is 5.82 Å². The highest BCUT2D eigenvalue weighted by Crippen LogP contribution is 2.24. The van der Waals surface area contributed by atoms with Crippen LogP contribution in [0.1, 0.15) is 12.7 Å². The Labute approximate surface area is 129 Å². The molecule has 0 N–H and O–H groups in total. The number of rotatable bonds is 6. The van der Waals surface area contributed by atoms with Gasteiger partial charge in [0.1, 0.15) is 11.6 Å². The quantitative estimate of drug-likeness (QED) is 0.758. The van der Waals surface area contributed by atoms with Crippen LogP contribution in [0.25, 0.3) is 11.0 Å². The molecule has 0 aliphatic heterocycles. The minimum atomic E-state index is -0.878. The van der Waals surface area contributed by atoms with Crippen LogP contribution >= 0.6 is 23.2 Å². The number of hydrogen-bond donors (Lipinski definition) is 0. The normalized spacial score (nSPS) is 13.0. The zero-order chi connectivity index (χ0) is 14.7. The predicted molar refractivity (Wildman–Crippen MR) is 82.7 cm³/mol. The van der Waals surface area contributed by atoms with Gasteiger partial charge < -0.3 is 4.57 Å². The molecule has 0 saturated carbocycles. The molecule has 1 unspecified atom stereocenters. The van der Waals surface area contributed by atoms with Crippen molar-refractivity contribution in [3.8, 4) is 0 Å². The second kappa shape index (κ2) is 6.87. The molecule has 110 valence electrons. The Hall–Kier alpha value is -0.650. The van der Waals surface area contributed by atoms with Gasteiger partial charge in [0.2, 0.25) is 0 Å². The van der Waals surface area contributed by atoms with Gasteiger partial charge >= 0.3 is 0 Å². The number of fused-ring (bicyclic) bond motifs is 1. The molecule has 1 heterocycles. The first kappa shape index (κ1) is 15.7. The molecule has 0 spiro atoms. The number of benzene rings is 1. The fourth-order valence-corrected chi connectivity index (χ4v) is 3.03. The van der Waals surface area contributed by atoms with Gasteiger partial charge in [0.15, 0.2) is 0 Å². The molecule has 7 heteroatoms. The van der Waals surface area contributed by atoms with E-state index in [9.17, 15) is 8.60 Å². The first-order valence-corrected chi connectivity index (χ1v) is 8.72. The first-order chi connectivity index (χ1) is 9.56. The lowest BCUT2D eigenvalue weighted by atomic mass is 10.3. The molecule has 2 rings (SSSR count). The Kier molecular flexibility index (Phi) is 5.41. The fourth-order valence-electron chi connectivity index (χ4n) is 2.03. The van der Waals surface area contributed by atoms with Gasteiger partial charge in [0.25, 0.3) is 0 Å². The lowest BCUT2D eigenvalue weighted by Crippen LogP contribution is -2.12. The third-order valence-electron chi connectivity index (χ3n) is 3.05. The lowest BCUT2D eigenvalue weighted by Gasteiger charge is -2.08. The Balaban J connectivity index is 2.44. The zero-order valence-corrected chi connectivity index (χ0v) is 13.4. The zero-order valence-electron chi connectivity index (χ0n) is 11.0. The van der Waals surface area contributed by atoms with Crippen LogP contribution in [0.2, 0.25) is 5.02 Å². The van der Waals surface area contributed by atoms with Crippen molar-refractivity contribution >= 4 is 45.0 Å². The lowest BCUT2D eigenvalue weighted by molar-refractivity contribution is 0.628. The smallest absolute Gasteiger partial charge is 0.144 e. The van der Waals surface area contributed by atoms with Crippen LogP contribution in [-0.4, -0.2) is 31.1 Å². The molecular formula is C13H15Cl2FN2OS. The van der Waals surface area contributed by atoms with Gasteiger partial charge in [-0.15, -0.1) is 11.6 Å².